The van der Waals surface area contributed by atoms with Gasteiger partial charge >= 0.3 is 0 Å². The topological polar surface area (TPSA) is 36.9 Å². The van der Waals surface area contributed by atoms with Crippen LogP contribution in [-0.4, -0.2) is 48.7 Å². The molecule has 0 bridgehead atoms. The summed E-state index contributed by atoms with van der Waals surface area (Å²) in [7, 11) is 1.89. The van der Waals surface area contributed by atoms with E-state index in [1.54, 1.807) is 0 Å². The average Bonchev–Trinajstić information content (AvgIpc) is 2.27. The van der Waals surface area contributed by atoms with E-state index >= 15 is 0 Å². The Morgan fingerprint density at radius 2 is 1.79 bits per heavy atom. The molecular formula is C15H29N3O. The third kappa shape index (κ3) is 4.37. The van der Waals surface area contributed by atoms with Crippen molar-refractivity contribution in [3.05, 3.63) is 0 Å². The summed E-state index contributed by atoms with van der Waals surface area (Å²) in [5.41, 5.74) is -0.0291. The monoisotopic (exact) mass is 267 g/mol. The Kier molecular flexibility index (Phi) is 4.71. The normalized spacial score (nSPS) is 23.4. The molecule has 1 heterocycles. The molecule has 0 aromatic rings. The van der Waals surface area contributed by atoms with E-state index in [1.165, 1.54) is 19.3 Å². The van der Waals surface area contributed by atoms with Crippen molar-refractivity contribution in [3.8, 4) is 0 Å². The summed E-state index contributed by atoms with van der Waals surface area (Å²) in [5, 5.41) is 3.57. The highest BCUT2D eigenvalue weighted by molar-refractivity contribution is 5.80. The number of rotatable bonds is 2. The number of hydrogen-bond donors (Lipinski definition) is 1. The molecular weight excluding hydrogens is 238 g/mol. The number of piperidine rings is 1. The number of aliphatic imine (C=N–C) groups is 1. The molecule has 1 N–H and O–H groups in total. The summed E-state index contributed by atoms with van der Waals surface area (Å²) in [6, 6.07) is 0.655. The van der Waals surface area contributed by atoms with Gasteiger partial charge in [-0.3, -0.25) is 4.99 Å². The predicted octanol–water partition coefficient (Wildman–Crippen LogP) is 2.39. The molecule has 2 fully saturated rings. The van der Waals surface area contributed by atoms with E-state index in [0.29, 0.717) is 12.1 Å². The minimum Gasteiger partial charge on any atom is -0.372 e. The van der Waals surface area contributed by atoms with Gasteiger partial charge in [0.05, 0.1) is 11.7 Å². The van der Waals surface area contributed by atoms with Crippen molar-refractivity contribution in [2.75, 3.05) is 20.1 Å². The second kappa shape index (κ2) is 6.12. The third-order valence-electron chi connectivity index (χ3n) is 3.91. The van der Waals surface area contributed by atoms with Gasteiger partial charge < -0.3 is 15.0 Å². The van der Waals surface area contributed by atoms with E-state index in [9.17, 15) is 0 Å². The Balaban J connectivity index is 1.78. The van der Waals surface area contributed by atoms with Gasteiger partial charge in [-0.05, 0) is 52.9 Å². The van der Waals surface area contributed by atoms with Crippen LogP contribution in [0.3, 0.4) is 0 Å². The van der Waals surface area contributed by atoms with Gasteiger partial charge in [0.25, 0.3) is 0 Å². The van der Waals surface area contributed by atoms with Crippen molar-refractivity contribution in [1.82, 2.24) is 10.2 Å². The molecule has 19 heavy (non-hydrogen) atoms. The summed E-state index contributed by atoms with van der Waals surface area (Å²) < 4.78 is 6.07. The van der Waals surface area contributed by atoms with Crippen LogP contribution in [0, 0.1) is 0 Å². The van der Waals surface area contributed by atoms with Crippen LogP contribution in [0.25, 0.3) is 0 Å². The Hall–Kier alpha value is -0.770. The maximum atomic E-state index is 6.07. The number of ether oxygens (including phenoxy) is 1. The predicted molar refractivity (Wildman–Crippen MR) is 79.6 cm³/mol. The smallest absolute Gasteiger partial charge is 0.193 e. The van der Waals surface area contributed by atoms with Crippen LogP contribution in [-0.2, 0) is 4.74 Å². The lowest BCUT2D eigenvalue weighted by Gasteiger charge is -2.38. The highest BCUT2D eigenvalue weighted by Gasteiger charge is 2.27. The van der Waals surface area contributed by atoms with Crippen LogP contribution >= 0.6 is 0 Å². The maximum Gasteiger partial charge on any atom is 0.193 e. The van der Waals surface area contributed by atoms with Gasteiger partial charge in [-0.1, -0.05) is 0 Å². The molecule has 0 aromatic heterocycles. The molecule has 2 rings (SSSR count). The summed E-state index contributed by atoms with van der Waals surface area (Å²) in [5.74, 6) is 1.08. The molecule has 0 amide bonds. The highest BCUT2D eigenvalue weighted by atomic mass is 16.5. The first kappa shape index (κ1) is 14.6. The van der Waals surface area contributed by atoms with E-state index in [2.05, 4.69) is 36.0 Å². The molecule has 1 saturated carbocycles. The number of nitrogens with one attached hydrogen (secondary N) is 1. The van der Waals surface area contributed by atoms with Crippen molar-refractivity contribution < 1.29 is 4.74 Å². The summed E-state index contributed by atoms with van der Waals surface area (Å²) in [6.07, 6.45) is 6.55. The molecule has 110 valence electrons. The van der Waals surface area contributed by atoms with Crippen molar-refractivity contribution in [1.29, 1.82) is 0 Å². The van der Waals surface area contributed by atoms with Crippen molar-refractivity contribution >= 4 is 5.96 Å². The van der Waals surface area contributed by atoms with E-state index in [-0.39, 0.29) is 5.60 Å². The Morgan fingerprint density at radius 3 is 2.21 bits per heavy atom. The first-order valence-electron chi connectivity index (χ1n) is 7.64. The van der Waals surface area contributed by atoms with Gasteiger partial charge in [-0.15, -0.1) is 0 Å². The van der Waals surface area contributed by atoms with Crippen LogP contribution < -0.4 is 5.32 Å². The van der Waals surface area contributed by atoms with E-state index in [0.717, 1.165) is 31.9 Å². The zero-order chi connectivity index (χ0) is 13.9. The quantitative estimate of drug-likeness (QED) is 0.616. The molecule has 0 unspecified atom stereocenters. The Bertz CT molecular complexity index is 310. The van der Waals surface area contributed by atoms with Crippen LogP contribution in [0.15, 0.2) is 4.99 Å². The van der Waals surface area contributed by atoms with Gasteiger partial charge in [-0.25, -0.2) is 0 Å². The van der Waals surface area contributed by atoms with Gasteiger partial charge in [-0.2, -0.15) is 0 Å². The molecule has 1 aliphatic heterocycles. The zero-order valence-electron chi connectivity index (χ0n) is 12.9. The standard InChI is InChI=1S/C15H29N3O/c1-15(2,3)19-13-8-10-18(11-9-13)14(16-4)17-12-6-5-7-12/h12-13H,5-11H2,1-4H3,(H,16,17). The van der Waals surface area contributed by atoms with Crippen molar-refractivity contribution in [3.63, 3.8) is 0 Å². The molecule has 1 aliphatic carbocycles. The fourth-order valence-electron chi connectivity index (χ4n) is 2.72. The van der Waals surface area contributed by atoms with Crippen LogP contribution in [0.1, 0.15) is 52.9 Å². The molecule has 0 aromatic carbocycles. The fraction of sp³-hybridized carbons (Fsp3) is 0.933. The summed E-state index contributed by atoms with van der Waals surface area (Å²) in [4.78, 5) is 6.80. The van der Waals surface area contributed by atoms with Gasteiger partial charge in [0, 0.05) is 26.2 Å². The van der Waals surface area contributed by atoms with Crippen LogP contribution in [0.5, 0.6) is 0 Å². The van der Waals surface area contributed by atoms with Crippen LogP contribution in [0.4, 0.5) is 0 Å². The Morgan fingerprint density at radius 1 is 1.16 bits per heavy atom. The minimum atomic E-state index is -0.0291. The second-order valence-electron chi connectivity index (χ2n) is 6.74. The minimum absolute atomic E-state index is 0.0291. The van der Waals surface area contributed by atoms with Gasteiger partial charge in [0.1, 0.15) is 0 Å². The third-order valence-corrected chi connectivity index (χ3v) is 3.91. The van der Waals surface area contributed by atoms with Crippen molar-refractivity contribution in [2.45, 2.75) is 70.6 Å². The maximum absolute atomic E-state index is 6.07. The molecule has 0 spiro atoms. The largest absolute Gasteiger partial charge is 0.372 e. The molecule has 4 nitrogen and oxygen atoms in total. The fourth-order valence-corrected chi connectivity index (χ4v) is 2.72. The molecule has 4 heteroatoms. The summed E-state index contributed by atoms with van der Waals surface area (Å²) in [6.45, 7) is 8.50. The molecule has 0 radical (unpaired) electrons. The van der Waals surface area contributed by atoms with E-state index in [4.69, 9.17) is 4.74 Å². The molecule has 0 atom stereocenters. The number of guanidine groups is 1. The SMILES string of the molecule is CN=C(NC1CCC1)N1CCC(OC(C)(C)C)CC1. The lowest BCUT2D eigenvalue weighted by Crippen LogP contribution is -2.51. The van der Waals surface area contributed by atoms with Gasteiger partial charge in [0.2, 0.25) is 0 Å². The number of likely N-dealkylation sites (tertiary alicyclic amines) is 1. The molecule has 2 aliphatic rings. The Labute approximate surface area is 117 Å². The van der Waals surface area contributed by atoms with E-state index in [1.807, 2.05) is 7.05 Å². The molecule has 1 saturated heterocycles. The summed E-state index contributed by atoms with van der Waals surface area (Å²) >= 11 is 0. The first-order valence-corrected chi connectivity index (χ1v) is 7.64. The second-order valence-corrected chi connectivity index (χ2v) is 6.74. The first-order chi connectivity index (χ1) is 8.98. The number of hydrogen-bond acceptors (Lipinski definition) is 2. The lowest BCUT2D eigenvalue weighted by molar-refractivity contribution is -0.0773. The van der Waals surface area contributed by atoms with Crippen LogP contribution in [0.2, 0.25) is 0 Å². The number of nitrogens with zero attached hydrogens (tertiary/aromatic N) is 2. The average molecular weight is 267 g/mol. The van der Waals surface area contributed by atoms with Crippen molar-refractivity contribution in [2.24, 2.45) is 4.99 Å². The zero-order valence-corrected chi connectivity index (χ0v) is 12.9. The van der Waals surface area contributed by atoms with E-state index < -0.39 is 0 Å². The highest BCUT2D eigenvalue weighted by Crippen LogP contribution is 2.22. The lowest BCUT2D eigenvalue weighted by atomic mass is 9.93. The van der Waals surface area contributed by atoms with Gasteiger partial charge in [0.15, 0.2) is 5.96 Å².